The summed E-state index contributed by atoms with van der Waals surface area (Å²) in [5.41, 5.74) is 0.787. The maximum absolute atomic E-state index is 14.3. The lowest BCUT2D eigenvalue weighted by Crippen LogP contribution is -2.24. The number of aromatic nitrogens is 5. The quantitative estimate of drug-likeness (QED) is 0.276. The van der Waals surface area contributed by atoms with Gasteiger partial charge in [0.15, 0.2) is 5.65 Å². The molecule has 0 spiro atoms. The number of hydrogen-bond donors (Lipinski definition) is 1. The molecule has 0 bridgehead atoms. The van der Waals surface area contributed by atoms with Gasteiger partial charge in [0.25, 0.3) is 11.5 Å². The van der Waals surface area contributed by atoms with Gasteiger partial charge in [0, 0.05) is 16.5 Å². The zero-order valence-electron chi connectivity index (χ0n) is 20.5. The van der Waals surface area contributed by atoms with Gasteiger partial charge in [-0.25, -0.2) is 14.2 Å². The second kappa shape index (κ2) is 8.45. The maximum Gasteiger partial charge on any atom is 0.346 e. The molecule has 0 atom stereocenters. The maximum atomic E-state index is 14.3. The van der Waals surface area contributed by atoms with Crippen LogP contribution in [-0.4, -0.2) is 30.1 Å². The molecule has 10 nitrogen and oxygen atoms in total. The highest BCUT2D eigenvalue weighted by Crippen LogP contribution is 2.29. The first-order valence-electron chi connectivity index (χ1n) is 12.1. The summed E-state index contributed by atoms with van der Waals surface area (Å²) in [6.07, 6.45) is 0. The molecule has 0 aliphatic carbocycles. The fourth-order valence-corrected chi connectivity index (χ4v) is 4.87. The number of nitrogens with zero attached hydrogens (tertiary/aromatic N) is 5. The molecule has 10 heteroatoms. The van der Waals surface area contributed by atoms with Crippen molar-refractivity contribution >= 4 is 50.1 Å². The Morgan fingerprint density at radius 1 is 0.821 bits per heavy atom. The smallest absolute Gasteiger partial charge is 0.346 e. The lowest BCUT2D eigenvalue weighted by Gasteiger charge is -2.09. The van der Waals surface area contributed by atoms with E-state index in [1.165, 1.54) is 4.68 Å². The lowest BCUT2D eigenvalue weighted by atomic mass is 10.0. The number of para-hydroxylation sites is 3. The summed E-state index contributed by atoms with van der Waals surface area (Å²) in [5.74, 6) is -0.661. The summed E-state index contributed by atoms with van der Waals surface area (Å²) in [5, 5.41) is 8.53. The van der Waals surface area contributed by atoms with Crippen LogP contribution in [0, 0.1) is 6.92 Å². The van der Waals surface area contributed by atoms with E-state index >= 15 is 0 Å². The molecule has 0 aliphatic rings. The molecule has 3 aromatic carbocycles. The van der Waals surface area contributed by atoms with Crippen LogP contribution in [0.1, 0.15) is 16.3 Å². The molecule has 0 unspecified atom stereocenters. The molecule has 1 amide bonds. The SMILES string of the molecule is Cc1nc2nc3n(-c4ccccc4)nc(C(=O)Nc4ccccc4)n3c(=O)c2c2c1c(=O)oc1ccccc12. The molecule has 0 saturated carbocycles. The van der Waals surface area contributed by atoms with Gasteiger partial charge in [-0.15, -0.1) is 5.10 Å². The summed E-state index contributed by atoms with van der Waals surface area (Å²) in [4.78, 5) is 50.0. The molecule has 0 radical (unpaired) electrons. The largest absolute Gasteiger partial charge is 0.422 e. The molecular weight excluding hydrogens is 496 g/mol. The zero-order chi connectivity index (χ0) is 26.7. The molecule has 1 N–H and O–H groups in total. The summed E-state index contributed by atoms with van der Waals surface area (Å²) in [6.45, 7) is 1.67. The molecule has 4 aromatic heterocycles. The minimum atomic E-state index is -0.609. The van der Waals surface area contributed by atoms with Crippen LogP contribution in [-0.2, 0) is 0 Å². The van der Waals surface area contributed by atoms with E-state index in [1.807, 2.05) is 24.3 Å². The number of hydrogen-bond acceptors (Lipinski definition) is 7. The van der Waals surface area contributed by atoms with Gasteiger partial charge in [-0.1, -0.05) is 54.6 Å². The summed E-state index contributed by atoms with van der Waals surface area (Å²) < 4.78 is 8.11. The molecule has 4 heterocycles. The minimum absolute atomic E-state index is 0.0959. The van der Waals surface area contributed by atoms with Crippen LogP contribution in [0.15, 0.2) is 98.9 Å². The standard InChI is InChI=1S/C29H18N6O4/c1-16-21-22(19-14-8-9-15-20(19)39-28(21)38)23-24(30-16)32-29-34(27(23)37)25(26(36)31-17-10-4-2-5-11-17)33-35(29)18-12-6-3-7-13-18/h2-15H,1H3,(H,31,36). The fraction of sp³-hybridized carbons (Fsp3) is 0.0345. The first kappa shape index (κ1) is 22.5. The number of benzene rings is 3. The first-order valence-corrected chi connectivity index (χ1v) is 12.1. The van der Waals surface area contributed by atoms with Crippen molar-refractivity contribution in [2.45, 2.75) is 6.92 Å². The van der Waals surface area contributed by atoms with Gasteiger partial charge < -0.3 is 9.73 Å². The Bertz CT molecular complexity index is 2220. The van der Waals surface area contributed by atoms with Crippen LogP contribution in [0.25, 0.3) is 44.2 Å². The lowest BCUT2D eigenvalue weighted by molar-refractivity contribution is 0.101. The Balaban J connectivity index is 1.64. The number of fused-ring (bicyclic) bond motifs is 6. The van der Waals surface area contributed by atoms with Crippen molar-refractivity contribution in [3.63, 3.8) is 0 Å². The Kier molecular flexibility index (Phi) is 4.89. The van der Waals surface area contributed by atoms with Crippen LogP contribution in [0.5, 0.6) is 0 Å². The number of anilines is 1. The van der Waals surface area contributed by atoms with Crippen LogP contribution in [0.3, 0.4) is 0 Å². The van der Waals surface area contributed by atoms with Crippen molar-refractivity contribution in [2.75, 3.05) is 5.32 Å². The fourth-order valence-electron chi connectivity index (χ4n) is 4.87. The van der Waals surface area contributed by atoms with Crippen molar-refractivity contribution in [2.24, 2.45) is 0 Å². The number of rotatable bonds is 3. The predicted molar refractivity (Wildman–Crippen MR) is 147 cm³/mol. The van der Waals surface area contributed by atoms with Crippen molar-refractivity contribution in [1.29, 1.82) is 0 Å². The Morgan fingerprint density at radius 3 is 2.28 bits per heavy atom. The molecule has 7 rings (SSSR count). The average Bonchev–Trinajstić information content (AvgIpc) is 3.34. The third-order valence-electron chi connectivity index (χ3n) is 6.58. The van der Waals surface area contributed by atoms with Gasteiger partial charge >= 0.3 is 5.63 Å². The minimum Gasteiger partial charge on any atom is -0.422 e. The highest BCUT2D eigenvalue weighted by Gasteiger charge is 2.25. The van der Waals surface area contributed by atoms with Gasteiger partial charge in [-0.05, 0) is 37.3 Å². The molecular formula is C29H18N6O4. The molecule has 7 aromatic rings. The topological polar surface area (TPSA) is 124 Å². The Labute approximate surface area is 218 Å². The van der Waals surface area contributed by atoms with E-state index in [0.29, 0.717) is 33.4 Å². The van der Waals surface area contributed by atoms with Crippen molar-refractivity contribution in [3.05, 3.63) is 117 Å². The van der Waals surface area contributed by atoms with Gasteiger partial charge in [-0.3, -0.25) is 9.59 Å². The first-order chi connectivity index (χ1) is 19.0. The predicted octanol–water partition coefficient (Wildman–Crippen LogP) is 4.25. The highest BCUT2D eigenvalue weighted by molar-refractivity contribution is 6.17. The number of nitrogens with one attached hydrogen (secondary N) is 1. The number of amides is 1. The summed E-state index contributed by atoms with van der Waals surface area (Å²) >= 11 is 0. The Hall–Kier alpha value is -5.64. The third-order valence-corrected chi connectivity index (χ3v) is 6.58. The van der Waals surface area contributed by atoms with Gasteiger partial charge in [0.1, 0.15) is 5.58 Å². The van der Waals surface area contributed by atoms with Crippen LogP contribution >= 0.6 is 0 Å². The molecule has 188 valence electrons. The van der Waals surface area contributed by atoms with Gasteiger partial charge in [-0.2, -0.15) is 9.67 Å². The van der Waals surface area contributed by atoms with Crippen LogP contribution in [0.2, 0.25) is 0 Å². The van der Waals surface area contributed by atoms with E-state index in [9.17, 15) is 14.4 Å². The highest BCUT2D eigenvalue weighted by atomic mass is 16.4. The van der Waals surface area contributed by atoms with E-state index in [1.54, 1.807) is 67.6 Å². The number of pyridine rings is 1. The number of carbonyl (C=O) groups excluding carboxylic acids is 1. The van der Waals surface area contributed by atoms with E-state index in [2.05, 4.69) is 15.4 Å². The van der Waals surface area contributed by atoms with E-state index in [4.69, 9.17) is 9.40 Å². The molecule has 0 aliphatic heterocycles. The van der Waals surface area contributed by atoms with Crippen LogP contribution in [0.4, 0.5) is 5.69 Å². The summed E-state index contributed by atoms with van der Waals surface area (Å²) in [6, 6.07) is 24.9. The van der Waals surface area contributed by atoms with Crippen molar-refractivity contribution in [3.8, 4) is 5.69 Å². The molecule has 0 fully saturated rings. The van der Waals surface area contributed by atoms with E-state index in [0.717, 1.165) is 4.40 Å². The average molecular weight is 515 g/mol. The van der Waals surface area contributed by atoms with E-state index < -0.39 is 17.1 Å². The number of carbonyl (C=O) groups is 1. The number of aryl methyl sites for hydroxylation is 1. The molecule has 0 saturated heterocycles. The van der Waals surface area contributed by atoms with Crippen molar-refractivity contribution in [1.82, 2.24) is 24.1 Å². The second-order valence-corrected chi connectivity index (χ2v) is 8.97. The summed E-state index contributed by atoms with van der Waals surface area (Å²) in [7, 11) is 0. The van der Waals surface area contributed by atoms with E-state index in [-0.39, 0.29) is 28.0 Å². The monoisotopic (exact) mass is 514 g/mol. The normalized spacial score (nSPS) is 11.5. The van der Waals surface area contributed by atoms with Gasteiger partial charge in [0.05, 0.1) is 22.2 Å². The second-order valence-electron chi connectivity index (χ2n) is 8.97. The van der Waals surface area contributed by atoms with Crippen LogP contribution < -0.4 is 16.5 Å². The third kappa shape index (κ3) is 3.42. The Morgan fingerprint density at radius 2 is 1.51 bits per heavy atom. The molecule has 39 heavy (non-hydrogen) atoms. The zero-order valence-corrected chi connectivity index (χ0v) is 20.5. The van der Waals surface area contributed by atoms with Crippen molar-refractivity contribution < 1.29 is 9.21 Å². The van der Waals surface area contributed by atoms with Gasteiger partial charge in [0.2, 0.25) is 11.6 Å².